The van der Waals surface area contributed by atoms with Gasteiger partial charge in [0.15, 0.2) is 0 Å². The van der Waals surface area contributed by atoms with Crippen LogP contribution in [0.15, 0.2) is 23.8 Å². The molecule has 0 fully saturated rings. The van der Waals surface area contributed by atoms with Gasteiger partial charge in [-0.05, 0) is 55.7 Å². The van der Waals surface area contributed by atoms with E-state index in [1.54, 1.807) is 5.57 Å². The van der Waals surface area contributed by atoms with Crippen molar-refractivity contribution in [2.45, 2.75) is 52.9 Å². The third-order valence-electron chi connectivity index (χ3n) is 3.83. The maximum Gasteiger partial charge on any atom is -0.00944 e. The lowest BCUT2D eigenvalue weighted by atomic mass is 9.70. The van der Waals surface area contributed by atoms with E-state index in [0.29, 0.717) is 5.41 Å². The molecule has 1 aromatic rings. The number of aryl methyl sites for hydroxylation is 1. The van der Waals surface area contributed by atoms with Crippen LogP contribution in [0.4, 0.5) is 0 Å². The molecule has 0 N–H and O–H groups in total. The van der Waals surface area contributed by atoms with Gasteiger partial charge in [0.25, 0.3) is 0 Å². The van der Waals surface area contributed by atoms with E-state index in [0.717, 1.165) is 0 Å². The molecule has 2 rings (SSSR count). The van der Waals surface area contributed by atoms with Crippen LogP contribution in [0, 0.1) is 6.92 Å². The minimum atomic E-state index is 0.335. The Balaban J connectivity index is 2.68. The van der Waals surface area contributed by atoms with Gasteiger partial charge in [-0.1, -0.05) is 43.2 Å². The third kappa shape index (κ3) is 1.81. The maximum absolute atomic E-state index is 2.36. The molecule has 0 bridgehead atoms. The Morgan fingerprint density at radius 2 is 1.88 bits per heavy atom. The highest BCUT2D eigenvalue weighted by atomic mass is 14.3. The lowest BCUT2D eigenvalue weighted by Crippen LogP contribution is -2.23. The Bertz CT molecular complexity index is 443. The van der Waals surface area contributed by atoms with Gasteiger partial charge in [0.05, 0.1) is 0 Å². The summed E-state index contributed by atoms with van der Waals surface area (Å²) in [4.78, 5) is 0. The fraction of sp³-hybridized carbons (Fsp3) is 0.500. The fourth-order valence-corrected chi connectivity index (χ4v) is 2.72. The second-order valence-electron chi connectivity index (χ2n) is 5.91. The molecule has 1 aromatic carbocycles. The van der Waals surface area contributed by atoms with E-state index in [1.807, 2.05) is 0 Å². The molecule has 0 heterocycles. The zero-order valence-electron chi connectivity index (χ0n) is 11.1. The number of allylic oxidation sites excluding steroid dienone is 2. The van der Waals surface area contributed by atoms with Gasteiger partial charge in [0.1, 0.15) is 0 Å². The van der Waals surface area contributed by atoms with Gasteiger partial charge in [-0.15, -0.1) is 0 Å². The number of hydrogen-bond acceptors (Lipinski definition) is 0. The summed E-state index contributed by atoms with van der Waals surface area (Å²) in [6, 6.07) is 6.93. The summed E-state index contributed by atoms with van der Waals surface area (Å²) in [7, 11) is 0. The molecule has 0 amide bonds. The van der Waals surface area contributed by atoms with Crippen molar-refractivity contribution in [3.05, 3.63) is 40.5 Å². The minimum Gasteiger partial charge on any atom is -0.0726 e. The fourth-order valence-electron chi connectivity index (χ4n) is 2.72. The van der Waals surface area contributed by atoms with E-state index in [-0.39, 0.29) is 0 Å². The predicted molar refractivity (Wildman–Crippen MR) is 71.7 cm³/mol. The molecule has 0 saturated heterocycles. The lowest BCUT2D eigenvalue weighted by Gasteiger charge is -2.35. The molecule has 0 aliphatic heterocycles. The molecule has 0 heteroatoms. The quantitative estimate of drug-likeness (QED) is 0.578. The maximum atomic E-state index is 2.36. The first-order chi connectivity index (χ1) is 7.42. The van der Waals surface area contributed by atoms with Crippen molar-refractivity contribution in [1.29, 1.82) is 0 Å². The van der Waals surface area contributed by atoms with Crippen molar-refractivity contribution >= 4 is 5.57 Å². The standard InChI is InChI=1S/C16H22/c1-11(2)13-8-9-16(4,5)15-7-6-12(3)10-14(13)15/h6-7,10H,8-9H2,1-5H3. The van der Waals surface area contributed by atoms with Crippen LogP contribution in [0.5, 0.6) is 0 Å². The van der Waals surface area contributed by atoms with Gasteiger partial charge in [0.2, 0.25) is 0 Å². The van der Waals surface area contributed by atoms with Crippen LogP contribution in [0.25, 0.3) is 5.57 Å². The average Bonchev–Trinajstić information content (AvgIpc) is 2.16. The zero-order valence-corrected chi connectivity index (χ0v) is 11.1. The highest BCUT2D eigenvalue weighted by molar-refractivity contribution is 5.74. The first-order valence-corrected chi connectivity index (χ1v) is 6.20. The number of hydrogen-bond donors (Lipinski definition) is 0. The van der Waals surface area contributed by atoms with Crippen LogP contribution in [-0.2, 0) is 5.41 Å². The Labute approximate surface area is 99.4 Å². The summed E-state index contributed by atoms with van der Waals surface area (Å²) in [5, 5.41) is 0. The molecule has 16 heavy (non-hydrogen) atoms. The highest BCUT2D eigenvalue weighted by Crippen LogP contribution is 2.43. The highest BCUT2D eigenvalue weighted by Gasteiger charge is 2.29. The predicted octanol–water partition coefficient (Wildman–Crippen LogP) is 4.86. The largest absolute Gasteiger partial charge is 0.0726 e. The molecule has 0 unspecified atom stereocenters. The van der Waals surface area contributed by atoms with E-state index in [2.05, 4.69) is 52.8 Å². The molecule has 0 spiro atoms. The van der Waals surface area contributed by atoms with Gasteiger partial charge in [0, 0.05) is 0 Å². The van der Waals surface area contributed by atoms with E-state index in [9.17, 15) is 0 Å². The van der Waals surface area contributed by atoms with Gasteiger partial charge >= 0.3 is 0 Å². The van der Waals surface area contributed by atoms with Gasteiger partial charge in [-0.3, -0.25) is 0 Å². The van der Waals surface area contributed by atoms with Crippen LogP contribution >= 0.6 is 0 Å². The average molecular weight is 214 g/mol. The molecule has 1 aliphatic rings. The van der Waals surface area contributed by atoms with Crippen molar-refractivity contribution < 1.29 is 0 Å². The van der Waals surface area contributed by atoms with Gasteiger partial charge < -0.3 is 0 Å². The lowest BCUT2D eigenvalue weighted by molar-refractivity contribution is 0.473. The number of fused-ring (bicyclic) bond motifs is 1. The van der Waals surface area contributed by atoms with E-state index < -0.39 is 0 Å². The van der Waals surface area contributed by atoms with Crippen LogP contribution in [0.2, 0.25) is 0 Å². The molecular formula is C16H22. The van der Waals surface area contributed by atoms with Gasteiger partial charge in [-0.2, -0.15) is 0 Å². The summed E-state index contributed by atoms with van der Waals surface area (Å²) in [5.74, 6) is 0. The van der Waals surface area contributed by atoms with Crippen molar-refractivity contribution in [3.8, 4) is 0 Å². The van der Waals surface area contributed by atoms with Crippen molar-refractivity contribution in [2.75, 3.05) is 0 Å². The van der Waals surface area contributed by atoms with Gasteiger partial charge in [-0.25, -0.2) is 0 Å². The molecular weight excluding hydrogens is 192 g/mol. The normalized spacial score (nSPS) is 18.2. The number of benzene rings is 1. The van der Waals surface area contributed by atoms with Crippen LogP contribution in [-0.4, -0.2) is 0 Å². The first kappa shape index (κ1) is 11.4. The van der Waals surface area contributed by atoms with Crippen LogP contribution < -0.4 is 0 Å². The summed E-state index contributed by atoms with van der Waals surface area (Å²) in [5.41, 5.74) is 7.77. The van der Waals surface area contributed by atoms with Crippen LogP contribution in [0.3, 0.4) is 0 Å². The smallest absolute Gasteiger partial charge is 0.00944 e. The Morgan fingerprint density at radius 3 is 2.50 bits per heavy atom. The number of rotatable bonds is 0. The second kappa shape index (κ2) is 3.76. The van der Waals surface area contributed by atoms with E-state index >= 15 is 0 Å². The monoisotopic (exact) mass is 214 g/mol. The molecule has 0 nitrogen and oxygen atoms in total. The van der Waals surface area contributed by atoms with Crippen LogP contribution in [0.1, 0.15) is 57.2 Å². The van der Waals surface area contributed by atoms with E-state index in [4.69, 9.17) is 0 Å². The van der Waals surface area contributed by atoms with Crippen molar-refractivity contribution in [1.82, 2.24) is 0 Å². The Morgan fingerprint density at radius 1 is 1.19 bits per heavy atom. The molecule has 0 radical (unpaired) electrons. The molecule has 86 valence electrons. The summed E-state index contributed by atoms with van der Waals surface area (Å²) < 4.78 is 0. The summed E-state index contributed by atoms with van der Waals surface area (Å²) >= 11 is 0. The SMILES string of the molecule is CC(C)=C1CCC(C)(C)c2ccc(C)cc21. The summed E-state index contributed by atoms with van der Waals surface area (Å²) in [6.45, 7) is 11.4. The Kier molecular flexibility index (Phi) is 2.69. The second-order valence-corrected chi connectivity index (χ2v) is 5.91. The molecule has 0 aromatic heterocycles. The molecule has 0 saturated carbocycles. The van der Waals surface area contributed by atoms with E-state index in [1.165, 1.54) is 35.1 Å². The zero-order chi connectivity index (χ0) is 11.9. The van der Waals surface area contributed by atoms with Crippen molar-refractivity contribution in [2.24, 2.45) is 0 Å². The first-order valence-electron chi connectivity index (χ1n) is 6.20. The topological polar surface area (TPSA) is 0 Å². The third-order valence-corrected chi connectivity index (χ3v) is 3.83. The Hall–Kier alpha value is -1.04. The minimum absolute atomic E-state index is 0.335. The molecule has 0 atom stereocenters. The van der Waals surface area contributed by atoms with Crippen molar-refractivity contribution in [3.63, 3.8) is 0 Å². The molecule has 1 aliphatic carbocycles. The summed E-state index contributed by atoms with van der Waals surface area (Å²) in [6.07, 6.45) is 2.50.